The van der Waals surface area contributed by atoms with E-state index in [0.29, 0.717) is 18.8 Å². The number of ether oxygens (including phenoxy) is 1. The largest absolute Gasteiger partial charge is 0.493 e. The van der Waals surface area contributed by atoms with Gasteiger partial charge in [-0.15, -0.1) is 0 Å². The van der Waals surface area contributed by atoms with Gasteiger partial charge in [-0.25, -0.2) is 28.7 Å². The van der Waals surface area contributed by atoms with Gasteiger partial charge in [-0.2, -0.15) is 10.4 Å². The van der Waals surface area contributed by atoms with Gasteiger partial charge in [0.15, 0.2) is 17.2 Å². The number of pyridine rings is 1. The molecule has 0 aromatic carbocycles. The first kappa shape index (κ1) is 18.6. The average molecular weight is 398 g/mol. The molecule has 1 saturated heterocycles. The maximum absolute atomic E-state index is 13.7. The molecule has 1 aliphatic heterocycles. The molecule has 3 aromatic heterocycles. The Hall–Kier alpha value is -3.78. The number of aromatic nitrogens is 4. The molecular formula is C18H15FN6O4. The van der Waals surface area contributed by atoms with Gasteiger partial charge in [0.1, 0.15) is 17.4 Å². The highest BCUT2D eigenvalue weighted by Crippen LogP contribution is 2.37. The van der Waals surface area contributed by atoms with Gasteiger partial charge in [0.05, 0.1) is 25.5 Å². The number of rotatable bonds is 4. The van der Waals surface area contributed by atoms with Crippen molar-refractivity contribution in [3.05, 3.63) is 47.2 Å². The van der Waals surface area contributed by atoms with Gasteiger partial charge in [-0.1, -0.05) is 0 Å². The highest BCUT2D eigenvalue weighted by atomic mass is 19.1. The molecule has 1 fully saturated rings. The number of carbonyl (C=O) groups is 1. The molecule has 1 aliphatic rings. The van der Waals surface area contributed by atoms with Crippen molar-refractivity contribution in [1.29, 1.82) is 5.26 Å². The van der Waals surface area contributed by atoms with Crippen molar-refractivity contribution in [3.63, 3.8) is 0 Å². The molecule has 29 heavy (non-hydrogen) atoms. The summed E-state index contributed by atoms with van der Waals surface area (Å²) < 4.78 is 20.0. The maximum Gasteiger partial charge on any atom is 0.345 e. The van der Waals surface area contributed by atoms with Gasteiger partial charge in [0.2, 0.25) is 5.88 Å². The average Bonchev–Trinajstić information content (AvgIpc) is 3.33. The number of hydrogen-bond acceptors (Lipinski definition) is 9. The summed E-state index contributed by atoms with van der Waals surface area (Å²) in [6, 6.07) is 4.07. The highest BCUT2D eigenvalue weighted by molar-refractivity contribution is 5.98. The number of halogens is 1. The van der Waals surface area contributed by atoms with E-state index in [1.54, 1.807) is 13.0 Å². The van der Waals surface area contributed by atoms with E-state index in [1.165, 1.54) is 21.8 Å². The van der Waals surface area contributed by atoms with Crippen molar-refractivity contribution in [2.75, 3.05) is 18.3 Å². The van der Waals surface area contributed by atoms with Gasteiger partial charge in [-0.3, -0.25) is 4.84 Å². The van der Waals surface area contributed by atoms with Crippen LogP contribution in [0.2, 0.25) is 0 Å². The first-order valence-electron chi connectivity index (χ1n) is 8.76. The Morgan fingerprint density at radius 1 is 1.55 bits per heavy atom. The molecule has 148 valence electrons. The molecule has 0 amide bonds. The fourth-order valence-electron chi connectivity index (χ4n) is 3.18. The third kappa shape index (κ3) is 3.19. The molecule has 4 heterocycles. The van der Waals surface area contributed by atoms with Crippen molar-refractivity contribution < 1.29 is 23.9 Å². The molecule has 10 nitrogen and oxygen atoms in total. The SMILES string of the molecule is CCOC(=O)c1c(C#N)nn2ccc(N3OCC[C@@H]3c3cc(F)cnc3O)nc12. The summed E-state index contributed by atoms with van der Waals surface area (Å²) in [5, 5.41) is 24.8. The van der Waals surface area contributed by atoms with Gasteiger partial charge in [-0.05, 0) is 13.0 Å². The maximum atomic E-state index is 13.7. The molecule has 11 heteroatoms. The summed E-state index contributed by atoms with van der Waals surface area (Å²) in [6.07, 6.45) is 2.90. The predicted octanol–water partition coefficient (Wildman–Crippen LogP) is 1.90. The van der Waals surface area contributed by atoms with Gasteiger partial charge < -0.3 is 9.84 Å². The lowest BCUT2D eigenvalue weighted by Crippen LogP contribution is -2.23. The lowest BCUT2D eigenvalue weighted by molar-refractivity contribution is 0.0528. The number of nitrogens with zero attached hydrogens (tertiary/aromatic N) is 6. The summed E-state index contributed by atoms with van der Waals surface area (Å²) in [6.45, 7) is 2.08. The Morgan fingerprint density at radius 3 is 3.14 bits per heavy atom. The Morgan fingerprint density at radius 2 is 2.38 bits per heavy atom. The third-order valence-corrected chi connectivity index (χ3v) is 4.41. The third-order valence-electron chi connectivity index (χ3n) is 4.41. The monoisotopic (exact) mass is 398 g/mol. The summed E-state index contributed by atoms with van der Waals surface area (Å²) in [4.78, 5) is 26.0. The topological polar surface area (TPSA) is 126 Å². The van der Waals surface area contributed by atoms with Gasteiger partial charge >= 0.3 is 5.97 Å². The zero-order valence-electron chi connectivity index (χ0n) is 15.2. The Labute approximate surface area is 163 Å². The zero-order valence-corrected chi connectivity index (χ0v) is 15.2. The Kier molecular flexibility index (Phi) is 4.69. The highest BCUT2D eigenvalue weighted by Gasteiger charge is 2.32. The van der Waals surface area contributed by atoms with E-state index in [2.05, 4.69) is 15.1 Å². The molecule has 1 N–H and O–H groups in total. The molecule has 0 unspecified atom stereocenters. The first-order chi connectivity index (χ1) is 14.0. The number of carbonyl (C=O) groups excluding carboxylic acids is 1. The van der Waals surface area contributed by atoms with Crippen LogP contribution in [-0.4, -0.2) is 43.9 Å². The van der Waals surface area contributed by atoms with E-state index in [1.807, 2.05) is 6.07 Å². The van der Waals surface area contributed by atoms with Crippen LogP contribution in [0, 0.1) is 17.1 Å². The predicted molar refractivity (Wildman–Crippen MR) is 95.3 cm³/mol. The molecular weight excluding hydrogens is 383 g/mol. The number of anilines is 1. The minimum absolute atomic E-state index is 0.0535. The standard InChI is InChI=1S/C18H15FN6O4/c1-2-28-18(27)15-12(8-20)23-24-5-3-14(22-16(15)24)25-13(4-6-29-25)11-7-10(19)9-21-17(11)26/h3,5,7,9,13H,2,4,6H2,1H3,(H,21,26)/t13-/m1/s1. The van der Waals surface area contributed by atoms with E-state index in [-0.39, 0.29) is 35.0 Å². The second-order valence-electron chi connectivity index (χ2n) is 6.14. The number of nitriles is 1. The van der Waals surface area contributed by atoms with Gasteiger partial charge in [0.25, 0.3) is 0 Å². The number of fused-ring (bicyclic) bond motifs is 1. The van der Waals surface area contributed by atoms with Crippen molar-refractivity contribution >= 4 is 17.4 Å². The van der Waals surface area contributed by atoms with E-state index >= 15 is 0 Å². The molecule has 0 radical (unpaired) electrons. The van der Waals surface area contributed by atoms with Crippen LogP contribution in [0.15, 0.2) is 24.5 Å². The van der Waals surface area contributed by atoms with Crippen LogP contribution in [0.1, 0.15) is 41.0 Å². The summed E-state index contributed by atoms with van der Waals surface area (Å²) in [7, 11) is 0. The summed E-state index contributed by atoms with van der Waals surface area (Å²) in [5.41, 5.74) is 0.204. The molecule has 0 aliphatic carbocycles. The van der Waals surface area contributed by atoms with Crippen LogP contribution < -0.4 is 5.06 Å². The van der Waals surface area contributed by atoms with Crippen molar-refractivity contribution in [3.8, 4) is 11.9 Å². The molecule has 0 saturated carbocycles. The molecule has 3 aromatic rings. The van der Waals surface area contributed by atoms with E-state index in [4.69, 9.17) is 9.57 Å². The smallest absolute Gasteiger partial charge is 0.345 e. The molecule has 0 spiro atoms. The van der Waals surface area contributed by atoms with Crippen LogP contribution in [0.4, 0.5) is 10.2 Å². The number of hydrogen-bond donors (Lipinski definition) is 1. The van der Waals surface area contributed by atoms with Crippen LogP contribution in [0.3, 0.4) is 0 Å². The van der Waals surface area contributed by atoms with Crippen LogP contribution >= 0.6 is 0 Å². The van der Waals surface area contributed by atoms with E-state index in [0.717, 1.165) is 6.20 Å². The second-order valence-corrected chi connectivity index (χ2v) is 6.14. The van der Waals surface area contributed by atoms with Crippen LogP contribution in [-0.2, 0) is 9.57 Å². The fraction of sp³-hybridized carbons (Fsp3) is 0.278. The van der Waals surface area contributed by atoms with Crippen LogP contribution in [0.5, 0.6) is 5.88 Å². The minimum Gasteiger partial charge on any atom is -0.493 e. The Balaban J connectivity index is 1.79. The molecule has 1 atom stereocenters. The lowest BCUT2D eigenvalue weighted by Gasteiger charge is -2.24. The normalized spacial score (nSPS) is 16.2. The van der Waals surface area contributed by atoms with E-state index < -0.39 is 17.8 Å². The molecule has 0 bridgehead atoms. The second kappa shape index (κ2) is 7.33. The molecule has 4 rings (SSSR count). The summed E-state index contributed by atoms with van der Waals surface area (Å²) in [5.74, 6) is -1.32. The number of esters is 1. The number of hydroxylamine groups is 1. The van der Waals surface area contributed by atoms with Crippen LogP contribution in [0.25, 0.3) is 5.65 Å². The van der Waals surface area contributed by atoms with E-state index in [9.17, 15) is 19.6 Å². The first-order valence-corrected chi connectivity index (χ1v) is 8.76. The Bertz CT molecular complexity index is 1140. The zero-order chi connectivity index (χ0) is 20.5. The lowest BCUT2D eigenvalue weighted by atomic mass is 10.1. The quantitative estimate of drug-likeness (QED) is 0.656. The fourth-order valence-corrected chi connectivity index (χ4v) is 3.18. The van der Waals surface area contributed by atoms with Crippen molar-refractivity contribution in [2.24, 2.45) is 0 Å². The van der Waals surface area contributed by atoms with Crippen molar-refractivity contribution in [2.45, 2.75) is 19.4 Å². The van der Waals surface area contributed by atoms with Crippen molar-refractivity contribution in [1.82, 2.24) is 19.6 Å². The summed E-state index contributed by atoms with van der Waals surface area (Å²) >= 11 is 0. The van der Waals surface area contributed by atoms with Gasteiger partial charge in [0, 0.05) is 24.2 Å². The number of aromatic hydroxyl groups is 1. The minimum atomic E-state index is -0.713.